The third kappa shape index (κ3) is 3.90. The molecule has 0 aliphatic carbocycles. The minimum absolute atomic E-state index is 0.682. The van der Waals surface area contributed by atoms with Crippen LogP contribution in [0, 0.1) is 0 Å². The van der Waals surface area contributed by atoms with Gasteiger partial charge in [-0.3, -0.25) is 0 Å². The average molecular weight is 356 g/mol. The second kappa shape index (κ2) is 7.55. The summed E-state index contributed by atoms with van der Waals surface area (Å²) in [4.78, 5) is 0. The Bertz CT molecular complexity index is 543. The number of ether oxygens (including phenoxy) is 2. The molecule has 2 aromatic rings. The van der Waals surface area contributed by atoms with E-state index in [0.29, 0.717) is 6.61 Å². The zero-order valence-electron chi connectivity index (χ0n) is 11.6. The van der Waals surface area contributed by atoms with Gasteiger partial charge in [0.05, 0.1) is 18.2 Å². The lowest BCUT2D eigenvalue weighted by atomic mass is 10.2. The van der Waals surface area contributed by atoms with Gasteiger partial charge in [-0.15, -0.1) is 0 Å². The van der Waals surface area contributed by atoms with E-state index >= 15 is 0 Å². The van der Waals surface area contributed by atoms with Crippen LogP contribution in [0.1, 0.15) is 18.9 Å². The predicted octanol–water partition coefficient (Wildman–Crippen LogP) is 4.92. The van der Waals surface area contributed by atoms with Crippen LogP contribution in [0.4, 0.5) is 5.69 Å². The van der Waals surface area contributed by atoms with Gasteiger partial charge in [-0.25, -0.2) is 0 Å². The summed E-state index contributed by atoms with van der Waals surface area (Å²) in [5, 5.41) is 7.52. The number of thiophene rings is 1. The lowest BCUT2D eigenvalue weighted by Gasteiger charge is -2.14. The standard InChI is InChI=1S/C15H18BrNO2S/c1-3-5-19-15-13(16)7-11(8-14(15)18-2)9-17-12-4-6-20-10-12/h4,6-8,10,17H,3,5,9H2,1-2H3. The lowest BCUT2D eigenvalue weighted by molar-refractivity contribution is 0.292. The van der Waals surface area contributed by atoms with Crippen molar-refractivity contribution < 1.29 is 9.47 Å². The van der Waals surface area contributed by atoms with Crippen LogP contribution in [0.2, 0.25) is 0 Å². The molecule has 0 radical (unpaired) electrons. The predicted molar refractivity (Wildman–Crippen MR) is 88.1 cm³/mol. The zero-order valence-corrected chi connectivity index (χ0v) is 14.0. The summed E-state index contributed by atoms with van der Waals surface area (Å²) >= 11 is 5.24. The van der Waals surface area contributed by atoms with Gasteiger partial charge >= 0.3 is 0 Å². The molecule has 1 heterocycles. The second-order valence-corrected chi connectivity index (χ2v) is 5.96. The Labute approximate surface area is 132 Å². The fourth-order valence-electron chi connectivity index (χ4n) is 1.79. The van der Waals surface area contributed by atoms with Gasteiger partial charge in [0, 0.05) is 17.6 Å². The molecule has 0 aliphatic rings. The van der Waals surface area contributed by atoms with Gasteiger partial charge in [0.15, 0.2) is 11.5 Å². The van der Waals surface area contributed by atoms with E-state index < -0.39 is 0 Å². The van der Waals surface area contributed by atoms with Crippen molar-refractivity contribution in [2.75, 3.05) is 19.0 Å². The molecular formula is C15H18BrNO2S. The van der Waals surface area contributed by atoms with Crippen molar-refractivity contribution in [3.05, 3.63) is 39.0 Å². The zero-order chi connectivity index (χ0) is 14.4. The molecule has 1 N–H and O–H groups in total. The third-order valence-corrected chi connectivity index (χ3v) is 4.03. The van der Waals surface area contributed by atoms with Crippen LogP contribution in [-0.2, 0) is 6.54 Å². The maximum Gasteiger partial charge on any atom is 0.175 e. The maximum atomic E-state index is 5.72. The summed E-state index contributed by atoms with van der Waals surface area (Å²) in [6.45, 7) is 3.51. The molecule has 0 amide bonds. The summed E-state index contributed by atoms with van der Waals surface area (Å²) in [5.41, 5.74) is 2.28. The number of benzene rings is 1. The highest BCUT2D eigenvalue weighted by Crippen LogP contribution is 2.37. The van der Waals surface area contributed by atoms with E-state index in [2.05, 4.69) is 51.1 Å². The van der Waals surface area contributed by atoms with Gasteiger partial charge in [-0.1, -0.05) is 6.92 Å². The van der Waals surface area contributed by atoms with E-state index in [4.69, 9.17) is 9.47 Å². The molecule has 0 unspecified atom stereocenters. The van der Waals surface area contributed by atoms with E-state index in [-0.39, 0.29) is 0 Å². The first kappa shape index (κ1) is 15.2. The van der Waals surface area contributed by atoms with Crippen LogP contribution in [0.25, 0.3) is 0 Å². The van der Waals surface area contributed by atoms with E-state index in [0.717, 1.165) is 40.2 Å². The fourth-order valence-corrected chi connectivity index (χ4v) is 3.00. The minimum atomic E-state index is 0.682. The first-order valence-corrected chi connectivity index (χ1v) is 8.23. The van der Waals surface area contributed by atoms with Gasteiger partial charge in [0.2, 0.25) is 0 Å². The molecule has 0 bridgehead atoms. The average Bonchev–Trinajstić information content (AvgIpc) is 2.96. The summed E-state index contributed by atoms with van der Waals surface area (Å²) < 4.78 is 12.1. The molecule has 1 aromatic carbocycles. The smallest absolute Gasteiger partial charge is 0.175 e. The molecule has 3 nitrogen and oxygen atoms in total. The first-order valence-electron chi connectivity index (χ1n) is 6.50. The van der Waals surface area contributed by atoms with Crippen LogP contribution in [0.3, 0.4) is 0 Å². The van der Waals surface area contributed by atoms with Gasteiger partial charge in [0.25, 0.3) is 0 Å². The molecule has 108 valence electrons. The molecule has 20 heavy (non-hydrogen) atoms. The Kier molecular flexibility index (Phi) is 5.73. The lowest BCUT2D eigenvalue weighted by Crippen LogP contribution is -2.02. The number of anilines is 1. The number of rotatable bonds is 7. The molecule has 0 fully saturated rings. The molecule has 0 saturated heterocycles. The highest BCUT2D eigenvalue weighted by molar-refractivity contribution is 9.10. The molecule has 1 aromatic heterocycles. The van der Waals surface area contributed by atoms with Crippen molar-refractivity contribution in [1.82, 2.24) is 0 Å². The topological polar surface area (TPSA) is 30.5 Å². The van der Waals surface area contributed by atoms with E-state index in [1.165, 1.54) is 0 Å². The van der Waals surface area contributed by atoms with Gasteiger partial charge < -0.3 is 14.8 Å². The van der Waals surface area contributed by atoms with Gasteiger partial charge in [-0.05, 0) is 51.5 Å². The number of methoxy groups -OCH3 is 1. The Morgan fingerprint density at radius 2 is 2.20 bits per heavy atom. The Balaban J connectivity index is 2.12. The Morgan fingerprint density at radius 1 is 1.35 bits per heavy atom. The number of hydrogen-bond donors (Lipinski definition) is 1. The summed E-state index contributed by atoms with van der Waals surface area (Å²) in [5.74, 6) is 1.53. The number of nitrogens with one attached hydrogen (secondary N) is 1. The molecule has 5 heteroatoms. The highest BCUT2D eigenvalue weighted by Gasteiger charge is 2.11. The quantitative estimate of drug-likeness (QED) is 0.764. The molecular weight excluding hydrogens is 338 g/mol. The molecule has 2 rings (SSSR count). The fraction of sp³-hybridized carbons (Fsp3) is 0.333. The van der Waals surface area contributed by atoms with Crippen LogP contribution in [-0.4, -0.2) is 13.7 Å². The molecule has 0 spiro atoms. The van der Waals surface area contributed by atoms with Gasteiger partial charge in [0.1, 0.15) is 0 Å². The summed E-state index contributed by atoms with van der Waals surface area (Å²) in [7, 11) is 1.66. The Hall–Kier alpha value is -1.20. The van der Waals surface area contributed by atoms with Crippen LogP contribution >= 0.6 is 27.3 Å². The maximum absolute atomic E-state index is 5.72. The van der Waals surface area contributed by atoms with Crippen molar-refractivity contribution in [1.29, 1.82) is 0 Å². The molecule has 0 saturated carbocycles. The van der Waals surface area contributed by atoms with E-state index in [9.17, 15) is 0 Å². The highest BCUT2D eigenvalue weighted by atomic mass is 79.9. The first-order chi connectivity index (χ1) is 9.74. The number of hydrogen-bond acceptors (Lipinski definition) is 4. The summed E-state index contributed by atoms with van der Waals surface area (Å²) in [6.07, 6.45) is 0.969. The van der Waals surface area contributed by atoms with Crippen molar-refractivity contribution in [2.24, 2.45) is 0 Å². The van der Waals surface area contributed by atoms with Crippen LogP contribution in [0.5, 0.6) is 11.5 Å². The monoisotopic (exact) mass is 355 g/mol. The van der Waals surface area contributed by atoms with E-state index in [1.807, 2.05) is 6.07 Å². The van der Waals surface area contributed by atoms with Crippen LogP contribution < -0.4 is 14.8 Å². The third-order valence-electron chi connectivity index (χ3n) is 2.76. The van der Waals surface area contributed by atoms with Crippen molar-refractivity contribution in [3.8, 4) is 11.5 Å². The van der Waals surface area contributed by atoms with Crippen LogP contribution in [0.15, 0.2) is 33.4 Å². The normalized spacial score (nSPS) is 10.3. The molecule has 0 atom stereocenters. The largest absolute Gasteiger partial charge is 0.493 e. The molecule has 0 aliphatic heterocycles. The SMILES string of the molecule is CCCOc1c(Br)cc(CNc2ccsc2)cc1OC. The van der Waals surface area contributed by atoms with Crippen molar-refractivity contribution in [3.63, 3.8) is 0 Å². The number of halogens is 1. The second-order valence-electron chi connectivity index (χ2n) is 4.32. The van der Waals surface area contributed by atoms with E-state index in [1.54, 1.807) is 18.4 Å². The summed E-state index contributed by atoms with van der Waals surface area (Å²) in [6, 6.07) is 6.14. The van der Waals surface area contributed by atoms with Gasteiger partial charge in [-0.2, -0.15) is 11.3 Å². The van der Waals surface area contributed by atoms with Crippen molar-refractivity contribution in [2.45, 2.75) is 19.9 Å². The Morgan fingerprint density at radius 3 is 2.85 bits per heavy atom. The minimum Gasteiger partial charge on any atom is -0.493 e. The van der Waals surface area contributed by atoms with Crippen molar-refractivity contribution >= 4 is 33.0 Å².